The van der Waals surface area contributed by atoms with Crippen LogP contribution in [0.1, 0.15) is 43.2 Å². The van der Waals surface area contributed by atoms with Gasteiger partial charge in [0.15, 0.2) is 0 Å². The Labute approximate surface area is 184 Å². The summed E-state index contributed by atoms with van der Waals surface area (Å²) < 4.78 is 28.9. The van der Waals surface area contributed by atoms with Crippen LogP contribution in [0.2, 0.25) is 0 Å². The zero-order chi connectivity index (χ0) is 22.6. The van der Waals surface area contributed by atoms with E-state index in [1.54, 1.807) is 24.3 Å². The van der Waals surface area contributed by atoms with Gasteiger partial charge in [0.1, 0.15) is 5.69 Å². The molecule has 0 fully saturated rings. The third kappa shape index (κ3) is 4.99. The SMILES string of the molecule is CCN(CC)S(=O)(=O)c1ccc2c(c1)cc(C(=O)NC(C)CCc1ccccc1)n2C. The Morgan fingerprint density at radius 2 is 1.74 bits per heavy atom. The summed E-state index contributed by atoms with van der Waals surface area (Å²) in [4.78, 5) is 13.1. The fourth-order valence-electron chi connectivity index (χ4n) is 3.82. The van der Waals surface area contributed by atoms with Crippen molar-refractivity contribution in [1.29, 1.82) is 0 Å². The molecule has 166 valence electrons. The number of aryl methyl sites for hydroxylation is 2. The molecular formula is C24H31N3O3S. The molecule has 6 nitrogen and oxygen atoms in total. The van der Waals surface area contributed by atoms with Crippen LogP contribution >= 0.6 is 0 Å². The van der Waals surface area contributed by atoms with E-state index in [2.05, 4.69) is 17.4 Å². The highest BCUT2D eigenvalue weighted by atomic mass is 32.2. The third-order valence-electron chi connectivity index (χ3n) is 5.68. The molecule has 0 saturated heterocycles. The Kier molecular flexibility index (Phi) is 7.18. The Bertz CT molecular complexity index is 1150. The number of nitrogens with zero attached hydrogens (tertiary/aromatic N) is 2. The van der Waals surface area contributed by atoms with Crippen molar-refractivity contribution in [3.8, 4) is 0 Å². The molecule has 0 radical (unpaired) electrons. The first-order valence-electron chi connectivity index (χ1n) is 10.7. The molecule has 1 aromatic heterocycles. The lowest BCUT2D eigenvalue weighted by Gasteiger charge is -2.18. The van der Waals surface area contributed by atoms with Gasteiger partial charge in [-0.25, -0.2) is 8.42 Å². The number of fused-ring (bicyclic) bond motifs is 1. The van der Waals surface area contributed by atoms with E-state index in [1.807, 2.05) is 50.6 Å². The summed E-state index contributed by atoms with van der Waals surface area (Å²) in [6, 6.07) is 17.0. The van der Waals surface area contributed by atoms with Crippen molar-refractivity contribution in [3.05, 3.63) is 65.9 Å². The van der Waals surface area contributed by atoms with Crippen LogP contribution in [-0.4, -0.2) is 42.3 Å². The number of sulfonamides is 1. The maximum Gasteiger partial charge on any atom is 0.268 e. The van der Waals surface area contributed by atoms with Gasteiger partial charge >= 0.3 is 0 Å². The van der Waals surface area contributed by atoms with Crippen LogP contribution in [-0.2, 0) is 23.5 Å². The van der Waals surface area contributed by atoms with Crippen molar-refractivity contribution in [1.82, 2.24) is 14.2 Å². The molecule has 1 amide bonds. The van der Waals surface area contributed by atoms with Crippen molar-refractivity contribution in [2.45, 2.75) is 44.6 Å². The number of hydrogen-bond acceptors (Lipinski definition) is 3. The van der Waals surface area contributed by atoms with Gasteiger partial charge in [0.2, 0.25) is 10.0 Å². The van der Waals surface area contributed by atoms with E-state index < -0.39 is 10.0 Å². The minimum atomic E-state index is -3.55. The molecule has 0 aliphatic carbocycles. The first kappa shape index (κ1) is 23.0. The van der Waals surface area contributed by atoms with E-state index in [0.717, 1.165) is 23.7 Å². The van der Waals surface area contributed by atoms with Crippen LogP contribution < -0.4 is 5.32 Å². The van der Waals surface area contributed by atoms with Crippen LogP contribution in [0.15, 0.2) is 59.5 Å². The molecule has 1 heterocycles. The molecular weight excluding hydrogens is 410 g/mol. The van der Waals surface area contributed by atoms with Gasteiger partial charge in [0.05, 0.1) is 4.90 Å². The summed E-state index contributed by atoms with van der Waals surface area (Å²) >= 11 is 0. The van der Waals surface area contributed by atoms with E-state index in [0.29, 0.717) is 18.8 Å². The van der Waals surface area contributed by atoms with Gasteiger partial charge in [-0.3, -0.25) is 4.79 Å². The first-order chi connectivity index (χ1) is 14.8. The Morgan fingerprint density at radius 3 is 2.39 bits per heavy atom. The molecule has 3 rings (SSSR count). The molecule has 1 N–H and O–H groups in total. The van der Waals surface area contributed by atoms with Gasteiger partial charge in [0, 0.05) is 37.1 Å². The molecule has 0 spiro atoms. The predicted octanol–water partition coefficient (Wildman–Crippen LogP) is 3.96. The zero-order valence-corrected chi connectivity index (χ0v) is 19.4. The molecule has 1 unspecified atom stereocenters. The summed E-state index contributed by atoms with van der Waals surface area (Å²) in [5.74, 6) is -0.160. The fourth-order valence-corrected chi connectivity index (χ4v) is 5.31. The van der Waals surface area contributed by atoms with Crippen molar-refractivity contribution >= 4 is 26.8 Å². The monoisotopic (exact) mass is 441 g/mol. The first-order valence-corrected chi connectivity index (χ1v) is 12.2. The molecule has 31 heavy (non-hydrogen) atoms. The number of hydrogen-bond donors (Lipinski definition) is 1. The molecule has 3 aromatic rings. The predicted molar refractivity (Wildman–Crippen MR) is 125 cm³/mol. The lowest BCUT2D eigenvalue weighted by atomic mass is 10.1. The second-order valence-electron chi connectivity index (χ2n) is 7.80. The molecule has 0 aliphatic heterocycles. The Hall–Kier alpha value is -2.64. The normalized spacial score (nSPS) is 12.9. The lowest BCUT2D eigenvalue weighted by Crippen LogP contribution is -2.33. The standard InChI is InChI=1S/C24H31N3O3S/c1-5-27(6-2)31(29,30)21-14-15-22-20(16-21)17-23(26(22)4)24(28)25-18(3)12-13-19-10-8-7-9-11-19/h7-11,14-18H,5-6,12-13H2,1-4H3,(H,25,28). The van der Waals surface area contributed by atoms with E-state index in [1.165, 1.54) is 9.87 Å². The smallest absolute Gasteiger partial charge is 0.268 e. The fraction of sp³-hybridized carbons (Fsp3) is 0.375. The largest absolute Gasteiger partial charge is 0.348 e. The van der Waals surface area contributed by atoms with Crippen molar-refractivity contribution < 1.29 is 13.2 Å². The average molecular weight is 442 g/mol. The van der Waals surface area contributed by atoms with Crippen LogP contribution in [0.25, 0.3) is 10.9 Å². The summed E-state index contributed by atoms with van der Waals surface area (Å²) in [5.41, 5.74) is 2.58. The molecule has 2 aromatic carbocycles. The second kappa shape index (κ2) is 9.66. The minimum Gasteiger partial charge on any atom is -0.348 e. The summed E-state index contributed by atoms with van der Waals surface area (Å²) in [6.07, 6.45) is 1.73. The molecule has 0 aliphatic rings. The zero-order valence-electron chi connectivity index (χ0n) is 18.6. The quantitative estimate of drug-likeness (QED) is 0.546. The summed E-state index contributed by atoms with van der Waals surface area (Å²) in [5, 5.41) is 3.80. The van der Waals surface area contributed by atoms with E-state index in [4.69, 9.17) is 0 Å². The highest BCUT2D eigenvalue weighted by Gasteiger charge is 2.23. The van der Waals surface area contributed by atoms with Gasteiger partial charge < -0.3 is 9.88 Å². The molecule has 0 saturated carbocycles. The maximum absolute atomic E-state index is 12.9. The topological polar surface area (TPSA) is 71.4 Å². The minimum absolute atomic E-state index is 0.0179. The van der Waals surface area contributed by atoms with Gasteiger partial charge in [-0.1, -0.05) is 44.2 Å². The number of carbonyl (C=O) groups excluding carboxylic acids is 1. The van der Waals surface area contributed by atoms with E-state index >= 15 is 0 Å². The number of rotatable bonds is 9. The molecule has 7 heteroatoms. The number of nitrogens with one attached hydrogen (secondary N) is 1. The summed E-state index contributed by atoms with van der Waals surface area (Å²) in [6.45, 7) is 6.48. The van der Waals surface area contributed by atoms with Crippen molar-refractivity contribution in [3.63, 3.8) is 0 Å². The lowest BCUT2D eigenvalue weighted by molar-refractivity contribution is 0.0930. The van der Waals surface area contributed by atoms with Crippen LogP contribution in [0, 0.1) is 0 Å². The maximum atomic E-state index is 12.9. The van der Waals surface area contributed by atoms with E-state index in [9.17, 15) is 13.2 Å². The van der Waals surface area contributed by atoms with Gasteiger partial charge in [-0.2, -0.15) is 4.31 Å². The number of amides is 1. The highest BCUT2D eigenvalue weighted by Crippen LogP contribution is 2.24. The Morgan fingerprint density at radius 1 is 1.06 bits per heavy atom. The number of benzene rings is 2. The number of aromatic nitrogens is 1. The van der Waals surface area contributed by atoms with Crippen LogP contribution in [0.5, 0.6) is 0 Å². The highest BCUT2D eigenvalue weighted by molar-refractivity contribution is 7.89. The Balaban J connectivity index is 1.77. The van der Waals surface area contributed by atoms with Gasteiger partial charge in [-0.15, -0.1) is 0 Å². The second-order valence-corrected chi connectivity index (χ2v) is 9.74. The van der Waals surface area contributed by atoms with Crippen molar-refractivity contribution in [2.24, 2.45) is 7.05 Å². The molecule has 0 bridgehead atoms. The third-order valence-corrected chi connectivity index (χ3v) is 7.72. The summed E-state index contributed by atoms with van der Waals surface area (Å²) in [7, 11) is -1.72. The van der Waals surface area contributed by atoms with E-state index in [-0.39, 0.29) is 16.8 Å². The van der Waals surface area contributed by atoms with Gasteiger partial charge in [0.25, 0.3) is 5.91 Å². The molecule has 1 atom stereocenters. The van der Waals surface area contributed by atoms with Gasteiger partial charge in [-0.05, 0) is 49.6 Å². The van der Waals surface area contributed by atoms with Crippen molar-refractivity contribution in [2.75, 3.05) is 13.1 Å². The average Bonchev–Trinajstić information content (AvgIpc) is 3.10. The van der Waals surface area contributed by atoms with Crippen LogP contribution in [0.4, 0.5) is 0 Å². The van der Waals surface area contributed by atoms with Crippen LogP contribution in [0.3, 0.4) is 0 Å². The number of carbonyl (C=O) groups is 1.